The van der Waals surface area contributed by atoms with Gasteiger partial charge >= 0.3 is 5.97 Å². The second kappa shape index (κ2) is 11.5. The highest BCUT2D eigenvalue weighted by Gasteiger charge is 2.33. The zero-order valence-corrected chi connectivity index (χ0v) is 20.7. The van der Waals surface area contributed by atoms with Gasteiger partial charge in [-0.1, -0.05) is 35.9 Å². The molecule has 2 fully saturated rings. The van der Waals surface area contributed by atoms with Crippen LogP contribution in [0.15, 0.2) is 42.5 Å². The summed E-state index contributed by atoms with van der Waals surface area (Å²) in [4.78, 5) is 16.8. The molecule has 0 aromatic heterocycles. The van der Waals surface area contributed by atoms with Crippen molar-refractivity contribution in [1.29, 1.82) is 0 Å². The number of hydrogen-bond acceptors (Lipinski definition) is 5. The van der Waals surface area contributed by atoms with Crippen molar-refractivity contribution in [3.63, 3.8) is 0 Å². The molecular formula is C27H36ClN3O3. The molecule has 1 atom stereocenters. The number of nitrogens with two attached hydrogens (primary N) is 1. The number of hydrogen-bond donors (Lipinski definition) is 2. The van der Waals surface area contributed by atoms with Gasteiger partial charge in [-0.15, -0.1) is 0 Å². The third-order valence-electron chi connectivity index (χ3n) is 7.30. The largest absolute Gasteiger partial charge is 0.490 e. The minimum atomic E-state index is -0.794. The normalized spacial score (nSPS) is 19.7. The van der Waals surface area contributed by atoms with Crippen molar-refractivity contribution in [2.75, 3.05) is 32.7 Å². The molecule has 2 aliphatic heterocycles. The van der Waals surface area contributed by atoms with E-state index in [1.54, 1.807) is 0 Å². The molecule has 2 heterocycles. The van der Waals surface area contributed by atoms with Gasteiger partial charge in [-0.25, -0.2) is 0 Å². The Hall–Kier alpha value is -2.12. The van der Waals surface area contributed by atoms with E-state index in [0.29, 0.717) is 12.5 Å². The van der Waals surface area contributed by atoms with Crippen LogP contribution in [0.5, 0.6) is 5.75 Å². The Balaban J connectivity index is 1.25. The number of rotatable bonds is 8. The molecule has 0 aliphatic carbocycles. The fourth-order valence-corrected chi connectivity index (χ4v) is 5.59. The van der Waals surface area contributed by atoms with Gasteiger partial charge in [0.2, 0.25) is 0 Å². The third-order valence-corrected chi connectivity index (χ3v) is 7.53. The number of carbonyl (C=O) groups is 1. The molecule has 0 radical (unpaired) electrons. The number of likely N-dealkylation sites (tertiary alicyclic amines) is 2. The lowest BCUT2D eigenvalue weighted by Crippen LogP contribution is -2.45. The number of carboxylic acid groups (broad SMARTS) is 1. The van der Waals surface area contributed by atoms with E-state index < -0.39 is 12.0 Å². The minimum Gasteiger partial charge on any atom is -0.490 e. The van der Waals surface area contributed by atoms with E-state index in [1.807, 2.05) is 49.4 Å². The first-order valence-electron chi connectivity index (χ1n) is 12.3. The number of aliphatic carboxylic acids is 1. The van der Waals surface area contributed by atoms with Crippen LogP contribution in [0.2, 0.25) is 5.02 Å². The van der Waals surface area contributed by atoms with Crippen LogP contribution in [0.3, 0.4) is 0 Å². The Kier molecular flexibility index (Phi) is 8.48. The molecule has 0 amide bonds. The van der Waals surface area contributed by atoms with Crippen molar-refractivity contribution < 1.29 is 14.6 Å². The van der Waals surface area contributed by atoms with Crippen molar-refractivity contribution in [3.05, 3.63) is 64.2 Å². The number of nitrogens with zero attached hydrogens (tertiary/aromatic N) is 2. The molecule has 2 aromatic rings. The zero-order valence-electron chi connectivity index (χ0n) is 20.0. The van der Waals surface area contributed by atoms with E-state index in [1.165, 1.54) is 0 Å². The van der Waals surface area contributed by atoms with Crippen LogP contribution in [-0.4, -0.2) is 59.7 Å². The number of piperidine rings is 2. The van der Waals surface area contributed by atoms with Crippen molar-refractivity contribution >= 4 is 17.6 Å². The lowest BCUT2D eigenvalue weighted by Gasteiger charge is -2.39. The minimum absolute atomic E-state index is 0.247. The van der Waals surface area contributed by atoms with Gasteiger partial charge < -0.3 is 20.5 Å². The highest BCUT2D eigenvalue weighted by molar-refractivity contribution is 6.30. The smallest absolute Gasteiger partial charge is 0.325 e. The molecule has 6 nitrogen and oxygen atoms in total. The Morgan fingerprint density at radius 1 is 1.12 bits per heavy atom. The van der Waals surface area contributed by atoms with Crippen LogP contribution >= 0.6 is 11.6 Å². The molecule has 3 N–H and O–H groups in total. The van der Waals surface area contributed by atoms with E-state index in [0.717, 1.165) is 85.9 Å². The van der Waals surface area contributed by atoms with Crippen LogP contribution < -0.4 is 10.5 Å². The van der Waals surface area contributed by atoms with Crippen molar-refractivity contribution in [2.45, 2.75) is 51.3 Å². The SMILES string of the molecule is Cc1cc(Cl)ccc1OC1CCN(CC2CCN(C(C(=O)O)c3ccccc3CN)CC2)CC1. The molecule has 34 heavy (non-hydrogen) atoms. The van der Waals surface area contributed by atoms with E-state index >= 15 is 0 Å². The molecule has 184 valence electrons. The van der Waals surface area contributed by atoms with Gasteiger partial charge in [-0.2, -0.15) is 0 Å². The summed E-state index contributed by atoms with van der Waals surface area (Å²) >= 11 is 6.06. The summed E-state index contributed by atoms with van der Waals surface area (Å²) in [5.41, 5.74) is 8.70. The average molecular weight is 486 g/mol. The average Bonchev–Trinajstić information content (AvgIpc) is 2.83. The highest BCUT2D eigenvalue weighted by atomic mass is 35.5. The van der Waals surface area contributed by atoms with Gasteiger partial charge in [0.15, 0.2) is 0 Å². The number of ether oxygens (including phenoxy) is 1. The highest BCUT2D eigenvalue weighted by Crippen LogP contribution is 2.31. The summed E-state index contributed by atoms with van der Waals surface area (Å²) < 4.78 is 6.25. The Labute approximate surface area is 207 Å². The van der Waals surface area contributed by atoms with Crippen LogP contribution in [0.4, 0.5) is 0 Å². The molecule has 0 spiro atoms. The topological polar surface area (TPSA) is 79.0 Å². The maximum Gasteiger partial charge on any atom is 0.325 e. The standard InChI is InChI=1S/C27H36ClN3O3/c1-19-16-22(28)6-7-25(19)34-23-10-12-30(13-11-23)18-20-8-14-31(15-9-20)26(27(32)33)24-5-3-2-4-21(24)17-29/h2-7,16,20,23,26H,8-15,17-18,29H2,1H3,(H,32,33). The first-order valence-corrected chi connectivity index (χ1v) is 12.7. The quantitative estimate of drug-likeness (QED) is 0.573. The van der Waals surface area contributed by atoms with Crippen LogP contribution in [-0.2, 0) is 11.3 Å². The van der Waals surface area contributed by atoms with Gasteiger partial charge in [0.25, 0.3) is 0 Å². The maximum atomic E-state index is 12.2. The monoisotopic (exact) mass is 485 g/mol. The van der Waals surface area contributed by atoms with Gasteiger partial charge in [-0.3, -0.25) is 9.69 Å². The van der Waals surface area contributed by atoms with Gasteiger partial charge in [0, 0.05) is 31.2 Å². The van der Waals surface area contributed by atoms with E-state index in [2.05, 4.69) is 9.80 Å². The fourth-order valence-electron chi connectivity index (χ4n) is 5.37. The third kappa shape index (κ3) is 6.11. The molecule has 7 heteroatoms. The number of halogens is 1. The van der Waals surface area contributed by atoms with Crippen LogP contribution in [0.1, 0.15) is 48.4 Å². The molecule has 0 bridgehead atoms. The first-order chi connectivity index (χ1) is 16.4. The summed E-state index contributed by atoms with van der Waals surface area (Å²) in [6, 6.07) is 12.8. The van der Waals surface area contributed by atoms with Gasteiger partial charge in [-0.05, 0) is 86.5 Å². The zero-order chi connectivity index (χ0) is 24.1. The second-order valence-corrected chi connectivity index (χ2v) is 10.1. The van der Waals surface area contributed by atoms with Crippen LogP contribution in [0.25, 0.3) is 0 Å². The van der Waals surface area contributed by atoms with E-state index in [4.69, 9.17) is 22.1 Å². The van der Waals surface area contributed by atoms with E-state index in [9.17, 15) is 9.90 Å². The fraction of sp³-hybridized carbons (Fsp3) is 0.519. The number of benzene rings is 2. The predicted molar refractivity (Wildman–Crippen MR) is 135 cm³/mol. The van der Waals surface area contributed by atoms with E-state index in [-0.39, 0.29) is 6.10 Å². The molecule has 1 unspecified atom stereocenters. The molecular weight excluding hydrogens is 450 g/mol. The van der Waals surface area contributed by atoms with Gasteiger partial charge in [0.05, 0.1) is 0 Å². The molecule has 2 aliphatic rings. The first kappa shape index (κ1) is 25.0. The molecule has 4 rings (SSSR count). The van der Waals surface area contributed by atoms with Crippen molar-refractivity contribution in [1.82, 2.24) is 9.80 Å². The van der Waals surface area contributed by atoms with Gasteiger partial charge in [0.1, 0.15) is 17.9 Å². The Morgan fingerprint density at radius 3 is 2.47 bits per heavy atom. The van der Waals surface area contributed by atoms with Crippen LogP contribution in [0, 0.1) is 12.8 Å². The molecule has 2 saturated heterocycles. The summed E-state index contributed by atoms with van der Waals surface area (Å²) in [5.74, 6) is 0.739. The summed E-state index contributed by atoms with van der Waals surface area (Å²) in [5, 5.41) is 10.7. The Bertz CT molecular complexity index is 969. The lowest BCUT2D eigenvalue weighted by molar-refractivity contribution is -0.144. The molecule has 0 saturated carbocycles. The summed E-state index contributed by atoms with van der Waals surface area (Å²) in [7, 11) is 0. The summed E-state index contributed by atoms with van der Waals surface area (Å²) in [6.07, 6.45) is 4.34. The Morgan fingerprint density at radius 2 is 1.82 bits per heavy atom. The lowest BCUT2D eigenvalue weighted by atomic mass is 9.91. The second-order valence-electron chi connectivity index (χ2n) is 9.65. The maximum absolute atomic E-state index is 12.2. The van der Waals surface area contributed by atoms with Crippen molar-refractivity contribution in [2.24, 2.45) is 11.7 Å². The van der Waals surface area contributed by atoms with Crippen molar-refractivity contribution in [3.8, 4) is 5.75 Å². The predicted octanol–water partition coefficient (Wildman–Crippen LogP) is 4.49. The molecule has 2 aromatic carbocycles. The number of carboxylic acids is 1. The number of aryl methyl sites for hydroxylation is 1. The summed E-state index contributed by atoms with van der Waals surface area (Å²) in [6.45, 7) is 7.15.